The van der Waals surface area contributed by atoms with E-state index in [1.54, 1.807) is 60.7 Å². The predicted molar refractivity (Wildman–Crippen MR) is 243 cm³/mol. The average molecular weight is 1510 g/mol. The van der Waals surface area contributed by atoms with E-state index in [2.05, 4.69) is 127 Å². The van der Waals surface area contributed by atoms with Crippen molar-refractivity contribution in [1.29, 1.82) is 0 Å². The summed E-state index contributed by atoms with van der Waals surface area (Å²) in [5.74, 6) is -2.70. The first-order chi connectivity index (χ1) is 27.4. The maximum Gasteiger partial charge on any atom is 2.00 e. The van der Waals surface area contributed by atoms with Crippen LogP contribution in [0.2, 0.25) is 0 Å². The van der Waals surface area contributed by atoms with Crippen LogP contribution < -0.4 is 19.7 Å². The van der Waals surface area contributed by atoms with Gasteiger partial charge in [0.25, 0.3) is 0 Å². The molecule has 8 rings (SSSR count). The number of rotatable bonds is 4. The Hall–Kier alpha value is -2.18. The smallest absolute Gasteiger partial charge is 0.545 e. The van der Waals surface area contributed by atoms with Crippen molar-refractivity contribution in [3.8, 4) is 46.0 Å². The maximum atomic E-state index is 11.8. The first-order valence-electron chi connectivity index (χ1n) is 16.2. The number of hydrogen-bond donors (Lipinski definition) is 4. The Morgan fingerprint density at radius 1 is 0.441 bits per heavy atom. The van der Waals surface area contributed by atoms with Crippen molar-refractivity contribution in [2.24, 2.45) is 0 Å². The molecule has 19 heteroatoms. The molecule has 2 radical (unpaired) electrons. The van der Waals surface area contributed by atoms with Crippen LogP contribution in [0.5, 0.6) is 46.0 Å². The largest absolute Gasteiger partial charge is 2.00 e. The molecule has 0 saturated heterocycles. The summed E-state index contributed by atoms with van der Waals surface area (Å²) in [6, 6.07) is 19.8. The molecule has 10 nitrogen and oxygen atoms in total. The van der Waals surface area contributed by atoms with Gasteiger partial charge < -0.3 is 49.7 Å². The number of fused-ring (bicyclic) bond motifs is 4. The van der Waals surface area contributed by atoms with Gasteiger partial charge in [0, 0.05) is 45.2 Å². The van der Waals surface area contributed by atoms with E-state index in [4.69, 9.17) is 9.47 Å². The SMILES string of the molecule is O=C([O-])c1ccccc1C1c2cc(Br)c(O)c(Br)c2Oc2c1cc(Br)c(O)c2Br.O=C([O-])c1ccccc1C1c2cc(Br)c(O)c(Br)c2Oc2c1cc(Br)c(O)c2Br.[Pb+2]. The van der Waals surface area contributed by atoms with Crippen molar-refractivity contribution in [1.82, 2.24) is 0 Å². The van der Waals surface area contributed by atoms with Crippen molar-refractivity contribution in [2.45, 2.75) is 11.8 Å². The second-order valence-corrected chi connectivity index (χ2v) is 19.2. The van der Waals surface area contributed by atoms with E-state index in [0.29, 0.717) is 92.2 Å². The Kier molecular flexibility index (Phi) is 14.3. The fourth-order valence-electron chi connectivity index (χ4n) is 6.79. The van der Waals surface area contributed by atoms with E-state index in [0.717, 1.165) is 0 Å². The number of carbonyl (C=O) groups excluding carboxylic acids is 2. The van der Waals surface area contributed by atoms with E-state index in [1.807, 2.05) is 0 Å². The molecule has 0 unspecified atom stereocenters. The molecular weight excluding hydrogens is 1490 g/mol. The molecule has 0 fully saturated rings. The summed E-state index contributed by atoms with van der Waals surface area (Å²) < 4.78 is 15.0. The van der Waals surface area contributed by atoms with Gasteiger partial charge in [-0.05, 0) is 163 Å². The fraction of sp³-hybridized carbons (Fsp3) is 0.0500. The third-order valence-corrected chi connectivity index (χ3v) is 14.7. The molecular formula is C40H18Br8O10Pb. The minimum absolute atomic E-state index is 0. The Balaban J connectivity index is 0.000000195. The second-order valence-electron chi connectivity index (χ2n) is 12.6. The van der Waals surface area contributed by atoms with Gasteiger partial charge in [-0.25, -0.2) is 0 Å². The topological polar surface area (TPSA) is 180 Å². The van der Waals surface area contributed by atoms with Crippen LogP contribution in [-0.2, 0) is 0 Å². The van der Waals surface area contributed by atoms with Crippen LogP contribution in [0, 0.1) is 0 Å². The molecule has 0 atom stereocenters. The third-order valence-electron chi connectivity index (χ3n) is 9.35. The number of ether oxygens (including phenoxy) is 2. The predicted octanol–water partition coefficient (Wildman–Crippen LogP) is 11.2. The molecule has 2 aliphatic rings. The van der Waals surface area contributed by atoms with E-state index < -0.39 is 23.8 Å². The number of carboxylic acid groups (broad SMARTS) is 2. The van der Waals surface area contributed by atoms with Crippen LogP contribution in [0.1, 0.15) is 65.9 Å². The minimum atomic E-state index is -1.30. The number of carbonyl (C=O) groups is 2. The van der Waals surface area contributed by atoms with Gasteiger partial charge in [-0.15, -0.1) is 0 Å². The van der Waals surface area contributed by atoms with Crippen molar-refractivity contribution in [2.75, 3.05) is 0 Å². The van der Waals surface area contributed by atoms with Gasteiger partial charge in [0.15, 0.2) is 0 Å². The fourth-order valence-corrected chi connectivity index (χ4v) is 11.7. The van der Waals surface area contributed by atoms with Gasteiger partial charge in [0.2, 0.25) is 0 Å². The zero-order valence-corrected chi connectivity index (χ0v) is 45.4. The molecule has 59 heavy (non-hydrogen) atoms. The number of phenols is 4. The molecule has 2 heterocycles. The number of phenolic OH excluding ortho intramolecular Hbond substituents is 4. The number of aromatic hydroxyl groups is 4. The Bertz CT molecular complexity index is 2450. The molecule has 298 valence electrons. The zero-order chi connectivity index (χ0) is 42.1. The van der Waals surface area contributed by atoms with E-state index >= 15 is 0 Å². The molecule has 0 aromatic heterocycles. The Morgan fingerprint density at radius 2 is 0.678 bits per heavy atom. The zero-order valence-electron chi connectivity index (χ0n) is 28.8. The van der Waals surface area contributed by atoms with Gasteiger partial charge in [0.05, 0.1) is 29.8 Å². The van der Waals surface area contributed by atoms with E-state index in [9.17, 15) is 40.2 Å². The molecule has 6 aromatic rings. The number of halogens is 8. The third kappa shape index (κ3) is 8.27. The van der Waals surface area contributed by atoms with Gasteiger partial charge in [-0.1, -0.05) is 48.5 Å². The molecule has 0 saturated carbocycles. The molecule has 0 spiro atoms. The number of carboxylic acids is 2. The summed E-state index contributed by atoms with van der Waals surface area (Å²) in [4.78, 5) is 23.6. The summed E-state index contributed by atoms with van der Waals surface area (Å²) >= 11 is 26.7. The van der Waals surface area contributed by atoms with Crippen LogP contribution in [0.3, 0.4) is 0 Å². The Labute approximate surface area is 422 Å². The molecule has 2 aliphatic heterocycles. The van der Waals surface area contributed by atoms with Crippen molar-refractivity contribution >= 4 is 167 Å². The summed E-state index contributed by atoms with van der Waals surface area (Å²) in [6.07, 6.45) is 0. The van der Waals surface area contributed by atoms with E-state index in [1.165, 1.54) is 12.1 Å². The standard InChI is InChI=1S/2C20H10Br4O5.Pb/c2*21-11-5-9-13(7-3-1-2-4-8(7)20(27)28)10-6-12(22)17(26)15(24)19(10)29-18(9)14(23)16(11)25;/h2*1-6,13,25-26H,(H,27,28);/q;;+2/p-2. The molecule has 6 aromatic carbocycles. The molecule has 0 aliphatic carbocycles. The van der Waals surface area contributed by atoms with Crippen molar-refractivity contribution in [3.05, 3.63) is 153 Å². The minimum Gasteiger partial charge on any atom is -0.545 e. The van der Waals surface area contributed by atoms with Gasteiger partial charge >= 0.3 is 27.3 Å². The van der Waals surface area contributed by atoms with Crippen LogP contribution in [0.25, 0.3) is 0 Å². The van der Waals surface area contributed by atoms with Crippen LogP contribution >= 0.6 is 127 Å². The summed E-state index contributed by atoms with van der Waals surface area (Å²) in [7, 11) is 0. The van der Waals surface area contributed by atoms with Gasteiger partial charge in [-0.3, -0.25) is 0 Å². The van der Waals surface area contributed by atoms with Crippen molar-refractivity contribution in [3.63, 3.8) is 0 Å². The average Bonchev–Trinajstić information content (AvgIpc) is 3.20. The number of aromatic carboxylic acids is 2. The number of hydrogen-bond acceptors (Lipinski definition) is 10. The molecule has 0 bridgehead atoms. The monoisotopic (exact) mass is 1500 g/mol. The first-order valence-corrected chi connectivity index (χ1v) is 22.6. The van der Waals surface area contributed by atoms with Gasteiger partial charge in [0.1, 0.15) is 63.9 Å². The van der Waals surface area contributed by atoms with Crippen LogP contribution in [-0.4, -0.2) is 59.7 Å². The summed E-state index contributed by atoms with van der Waals surface area (Å²) in [5.41, 5.74) is 3.59. The normalized spacial score (nSPS) is 12.6. The van der Waals surface area contributed by atoms with E-state index in [-0.39, 0.29) is 61.4 Å². The molecule has 0 amide bonds. The number of benzene rings is 6. The van der Waals surface area contributed by atoms with Crippen LogP contribution in [0.15, 0.2) is 109 Å². The first kappa shape index (κ1) is 46.3. The maximum absolute atomic E-state index is 11.8. The Morgan fingerprint density at radius 3 is 0.915 bits per heavy atom. The van der Waals surface area contributed by atoms with Gasteiger partial charge in [-0.2, -0.15) is 0 Å². The quantitative estimate of drug-likeness (QED) is 0.124. The van der Waals surface area contributed by atoms with Crippen LogP contribution in [0.4, 0.5) is 0 Å². The summed E-state index contributed by atoms with van der Waals surface area (Å²) in [6.45, 7) is 0. The summed E-state index contributed by atoms with van der Waals surface area (Å²) in [5, 5.41) is 64.9. The van der Waals surface area contributed by atoms with Crippen molar-refractivity contribution < 1.29 is 49.7 Å². The molecule has 4 N–H and O–H groups in total. The second kappa shape index (κ2) is 18.3.